The summed E-state index contributed by atoms with van der Waals surface area (Å²) in [5.41, 5.74) is 3.05. The lowest BCUT2D eigenvalue weighted by Crippen LogP contribution is -2.35. The van der Waals surface area contributed by atoms with Crippen LogP contribution in [-0.2, 0) is 6.54 Å². The molecule has 1 unspecified atom stereocenters. The molecule has 1 atom stereocenters. The van der Waals surface area contributed by atoms with Gasteiger partial charge in [-0.1, -0.05) is 24.3 Å². The van der Waals surface area contributed by atoms with Crippen LogP contribution in [0.5, 0.6) is 0 Å². The summed E-state index contributed by atoms with van der Waals surface area (Å²) in [6, 6.07) is 17.0. The van der Waals surface area contributed by atoms with Crippen LogP contribution in [0.25, 0.3) is 11.0 Å². The first kappa shape index (κ1) is 17.1. The Morgan fingerprint density at radius 3 is 2.85 bits per heavy atom. The molecule has 1 fully saturated rings. The predicted molar refractivity (Wildman–Crippen MR) is 104 cm³/mol. The topological polar surface area (TPSA) is 74.0 Å². The Morgan fingerprint density at radius 2 is 2.04 bits per heavy atom. The first-order chi connectivity index (χ1) is 13.2. The van der Waals surface area contributed by atoms with Crippen molar-refractivity contribution in [2.24, 2.45) is 0 Å². The fraction of sp³-hybridized carbons (Fsp3) is 0.286. The van der Waals surface area contributed by atoms with Gasteiger partial charge in [0.15, 0.2) is 0 Å². The summed E-state index contributed by atoms with van der Waals surface area (Å²) in [5.74, 6) is 0.930. The molecule has 6 heteroatoms. The molecule has 27 heavy (non-hydrogen) atoms. The molecule has 0 radical (unpaired) electrons. The number of likely N-dealkylation sites (tertiary alicyclic amines) is 1. The number of carbonyl (C=O) groups is 1. The van der Waals surface area contributed by atoms with Crippen LogP contribution in [0.3, 0.4) is 0 Å². The number of amides is 2. The Balaban J connectivity index is 1.65. The Hall–Kier alpha value is -3.33. The smallest absolute Gasteiger partial charge is 0.322 e. The first-order valence-electron chi connectivity index (χ1n) is 9.25. The second kappa shape index (κ2) is 7.12. The standard InChI is InChI=1S/C21H21N5O/c1-2-25-18-11-6-5-10-17(18)23-20(25)19-12-7-13-26(19)21(27)24-16-9-4-3-8-15(16)14-22/h3-6,8-11,19H,2,7,12-13H2,1H3,(H,24,27). The number of benzene rings is 2. The minimum absolute atomic E-state index is 0.0633. The Morgan fingerprint density at radius 1 is 1.26 bits per heavy atom. The van der Waals surface area contributed by atoms with Crippen molar-refractivity contribution in [1.82, 2.24) is 14.5 Å². The molecule has 3 aromatic rings. The minimum Gasteiger partial charge on any atom is -0.327 e. The molecule has 1 aliphatic rings. The fourth-order valence-corrected chi connectivity index (χ4v) is 3.84. The zero-order valence-corrected chi connectivity index (χ0v) is 15.2. The van der Waals surface area contributed by atoms with Gasteiger partial charge < -0.3 is 14.8 Å². The molecule has 1 saturated heterocycles. The Labute approximate surface area is 158 Å². The van der Waals surface area contributed by atoms with E-state index in [0.717, 1.165) is 36.2 Å². The van der Waals surface area contributed by atoms with E-state index in [2.05, 4.69) is 28.9 Å². The van der Waals surface area contributed by atoms with Gasteiger partial charge in [0, 0.05) is 13.1 Å². The number of hydrogen-bond donors (Lipinski definition) is 1. The molecule has 136 valence electrons. The number of rotatable bonds is 3. The van der Waals surface area contributed by atoms with Gasteiger partial charge >= 0.3 is 6.03 Å². The third-order valence-electron chi connectivity index (χ3n) is 5.10. The normalized spacial score (nSPS) is 16.4. The SMILES string of the molecule is CCn1c(C2CCCN2C(=O)Nc2ccccc2C#N)nc2ccccc21. The van der Waals surface area contributed by atoms with Gasteiger partial charge in [0.1, 0.15) is 11.9 Å². The number of para-hydroxylation sites is 3. The Bertz CT molecular complexity index is 1030. The van der Waals surface area contributed by atoms with Crippen LogP contribution in [0.1, 0.15) is 37.2 Å². The second-order valence-corrected chi connectivity index (χ2v) is 6.64. The number of urea groups is 1. The zero-order chi connectivity index (χ0) is 18.8. The van der Waals surface area contributed by atoms with Gasteiger partial charge in [0.25, 0.3) is 0 Å². The third-order valence-corrected chi connectivity index (χ3v) is 5.10. The summed E-state index contributed by atoms with van der Waals surface area (Å²) in [7, 11) is 0. The molecule has 0 aliphatic carbocycles. The number of aryl methyl sites for hydroxylation is 1. The van der Waals surface area contributed by atoms with E-state index in [1.807, 2.05) is 29.2 Å². The van der Waals surface area contributed by atoms with Crippen LogP contribution in [0.4, 0.5) is 10.5 Å². The van der Waals surface area contributed by atoms with Crippen molar-refractivity contribution in [3.05, 3.63) is 59.9 Å². The lowest BCUT2D eigenvalue weighted by Gasteiger charge is -2.25. The van der Waals surface area contributed by atoms with E-state index in [4.69, 9.17) is 4.98 Å². The molecule has 1 aromatic heterocycles. The lowest BCUT2D eigenvalue weighted by molar-refractivity contribution is 0.204. The van der Waals surface area contributed by atoms with Crippen molar-refractivity contribution < 1.29 is 4.79 Å². The van der Waals surface area contributed by atoms with Gasteiger partial charge in [0.2, 0.25) is 0 Å². The number of aromatic nitrogens is 2. The molecule has 2 aromatic carbocycles. The maximum absolute atomic E-state index is 12.9. The molecule has 2 heterocycles. The number of nitrogens with zero attached hydrogens (tertiary/aromatic N) is 4. The molecular weight excluding hydrogens is 338 g/mol. The summed E-state index contributed by atoms with van der Waals surface area (Å²) in [4.78, 5) is 19.6. The number of nitriles is 1. The van der Waals surface area contributed by atoms with Crippen molar-refractivity contribution in [2.45, 2.75) is 32.4 Å². The molecule has 4 rings (SSSR count). The van der Waals surface area contributed by atoms with Gasteiger partial charge in [-0.3, -0.25) is 0 Å². The number of anilines is 1. The molecule has 1 aliphatic heterocycles. The summed E-state index contributed by atoms with van der Waals surface area (Å²) in [5, 5.41) is 12.1. The van der Waals surface area contributed by atoms with Crippen molar-refractivity contribution in [3.63, 3.8) is 0 Å². The fourth-order valence-electron chi connectivity index (χ4n) is 3.84. The first-order valence-corrected chi connectivity index (χ1v) is 9.25. The average molecular weight is 359 g/mol. The Kier molecular flexibility index (Phi) is 4.51. The van der Waals surface area contributed by atoms with Crippen LogP contribution in [0.15, 0.2) is 48.5 Å². The molecule has 6 nitrogen and oxygen atoms in total. The quantitative estimate of drug-likeness (QED) is 0.758. The zero-order valence-electron chi connectivity index (χ0n) is 15.2. The molecule has 0 bridgehead atoms. The van der Waals surface area contributed by atoms with Crippen LogP contribution >= 0.6 is 0 Å². The number of imidazole rings is 1. The highest BCUT2D eigenvalue weighted by Crippen LogP contribution is 2.34. The number of carbonyl (C=O) groups excluding carboxylic acids is 1. The van der Waals surface area contributed by atoms with Crippen LogP contribution in [-0.4, -0.2) is 27.0 Å². The average Bonchev–Trinajstić information content (AvgIpc) is 3.32. The molecule has 1 N–H and O–H groups in total. The molecule has 0 spiro atoms. The van der Waals surface area contributed by atoms with Gasteiger partial charge in [-0.2, -0.15) is 5.26 Å². The monoisotopic (exact) mass is 359 g/mol. The van der Waals surface area contributed by atoms with Crippen molar-refractivity contribution in [3.8, 4) is 6.07 Å². The van der Waals surface area contributed by atoms with Crippen molar-refractivity contribution in [2.75, 3.05) is 11.9 Å². The van der Waals surface area contributed by atoms with E-state index in [1.165, 1.54) is 0 Å². The van der Waals surface area contributed by atoms with E-state index in [-0.39, 0.29) is 12.1 Å². The van der Waals surface area contributed by atoms with E-state index in [1.54, 1.807) is 18.2 Å². The highest BCUT2D eigenvalue weighted by atomic mass is 16.2. The van der Waals surface area contributed by atoms with E-state index >= 15 is 0 Å². The summed E-state index contributed by atoms with van der Waals surface area (Å²) >= 11 is 0. The van der Waals surface area contributed by atoms with Gasteiger partial charge in [-0.25, -0.2) is 9.78 Å². The lowest BCUT2D eigenvalue weighted by atomic mass is 10.2. The summed E-state index contributed by atoms with van der Waals surface area (Å²) < 4.78 is 2.19. The van der Waals surface area contributed by atoms with Crippen LogP contribution in [0.2, 0.25) is 0 Å². The third kappa shape index (κ3) is 3.02. The van der Waals surface area contributed by atoms with Crippen molar-refractivity contribution >= 4 is 22.8 Å². The minimum atomic E-state index is -0.185. The molecular formula is C21H21N5O. The van der Waals surface area contributed by atoms with E-state index in [0.29, 0.717) is 17.8 Å². The van der Waals surface area contributed by atoms with Crippen LogP contribution < -0.4 is 5.32 Å². The number of hydrogen-bond acceptors (Lipinski definition) is 3. The number of fused-ring (bicyclic) bond motifs is 1. The van der Waals surface area contributed by atoms with Crippen LogP contribution in [0, 0.1) is 11.3 Å². The van der Waals surface area contributed by atoms with Gasteiger partial charge in [-0.15, -0.1) is 0 Å². The summed E-state index contributed by atoms with van der Waals surface area (Å²) in [6.45, 7) is 3.58. The van der Waals surface area contributed by atoms with E-state index in [9.17, 15) is 10.1 Å². The maximum Gasteiger partial charge on any atom is 0.322 e. The second-order valence-electron chi connectivity index (χ2n) is 6.64. The highest BCUT2D eigenvalue weighted by Gasteiger charge is 2.33. The van der Waals surface area contributed by atoms with E-state index < -0.39 is 0 Å². The van der Waals surface area contributed by atoms with Crippen molar-refractivity contribution in [1.29, 1.82) is 5.26 Å². The maximum atomic E-state index is 12.9. The summed E-state index contributed by atoms with van der Waals surface area (Å²) in [6.07, 6.45) is 1.82. The molecule has 2 amide bonds. The van der Waals surface area contributed by atoms with Gasteiger partial charge in [-0.05, 0) is 44.0 Å². The predicted octanol–water partition coefficient (Wildman–Crippen LogP) is 4.30. The largest absolute Gasteiger partial charge is 0.327 e. The van der Waals surface area contributed by atoms with Gasteiger partial charge in [0.05, 0.1) is 28.3 Å². The number of nitrogens with one attached hydrogen (secondary N) is 1. The highest BCUT2D eigenvalue weighted by molar-refractivity contribution is 5.91. The molecule has 0 saturated carbocycles.